The summed E-state index contributed by atoms with van der Waals surface area (Å²) in [6.45, 7) is 7.27. The van der Waals surface area contributed by atoms with Crippen LogP contribution in [0.4, 0.5) is 5.69 Å². The maximum atomic E-state index is 12.6. The minimum absolute atomic E-state index is 0.417. The van der Waals surface area contributed by atoms with Gasteiger partial charge in [0.25, 0.3) is 0 Å². The molecular formula is C24H27N5O3. The molecule has 2 aliphatic rings. The number of rotatable bonds is 7. The van der Waals surface area contributed by atoms with E-state index in [1.165, 1.54) is 6.42 Å². The molecule has 1 amide bonds. The maximum absolute atomic E-state index is 12.6. The second-order valence-corrected chi connectivity index (χ2v) is 8.11. The van der Waals surface area contributed by atoms with Gasteiger partial charge in [0.05, 0.1) is 35.9 Å². The maximum Gasteiger partial charge on any atom is 0.247 e. The van der Waals surface area contributed by atoms with Gasteiger partial charge in [-0.2, -0.15) is 5.26 Å². The van der Waals surface area contributed by atoms with Crippen LogP contribution >= 0.6 is 0 Å². The summed E-state index contributed by atoms with van der Waals surface area (Å²) in [5, 5.41) is 12.6. The number of nitrogens with two attached hydrogens (primary N) is 1. The van der Waals surface area contributed by atoms with Gasteiger partial charge in [-0.25, -0.2) is 4.98 Å². The zero-order chi connectivity index (χ0) is 22.8. The number of carbonyl (C=O) groups excluding carboxylic acids is 1. The van der Waals surface area contributed by atoms with Crippen LogP contribution in [0, 0.1) is 18.3 Å². The first-order chi connectivity index (χ1) is 15.4. The molecule has 1 saturated heterocycles. The van der Waals surface area contributed by atoms with Gasteiger partial charge in [0.2, 0.25) is 11.8 Å². The number of amides is 1. The summed E-state index contributed by atoms with van der Waals surface area (Å²) in [7, 11) is 1.54. The molecule has 1 fully saturated rings. The molecular weight excluding hydrogens is 406 g/mol. The molecule has 8 nitrogen and oxygen atoms in total. The summed E-state index contributed by atoms with van der Waals surface area (Å²) in [6, 6.07) is 7.31. The smallest absolute Gasteiger partial charge is 0.247 e. The van der Waals surface area contributed by atoms with E-state index in [1.54, 1.807) is 31.5 Å². The summed E-state index contributed by atoms with van der Waals surface area (Å²) < 4.78 is 11.7. The van der Waals surface area contributed by atoms with Crippen LogP contribution in [0.1, 0.15) is 41.5 Å². The van der Waals surface area contributed by atoms with Crippen molar-refractivity contribution >= 4 is 11.6 Å². The topological polar surface area (TPSA) is 113 Å². The Morgan fingerprint density at radius 2 is 2.16 bits per heavy atom. The van der Waals surface area contributed by atoms with E-state index in [2.05, 4.69) is 21.3 Å². The fourth-order valence-electron chi connectivity index (χ4n) is 4.31. The van der Waals surface area contributed by atoms with Crippen LogP contribution in [-0.4, -0.2) is 49.1 Å². The lowest BCUT2D eigenvalue weighted by Crippen LogP contribution is -2.39. The Kier molecular flexibility index (Phi) is 6.01. The third-order valence-electron chi connectivity index (χ3n) is 6.10. The lowest BCUT2D eigenvalue weighted by molar-refractivity contribution is -0.114. The summed E-state index contributed by atoms with van der Waals surface area (Å²) >= 11 is 0. The van der Waals surface area contributed by atoms with Crippen molar-refractivity contribution in [2.24, 2.45) is 5.73 Å². The Balaban J connectivity index is 1.85. The van der Waals surface area contributed by atoms with E-state index in [0.29, 0.717) is 35.1 Å². The van der Waals surface area contributed by atoms with Gasteiger partial charge >= 0.3 is 0 Å². The molecule has 0 bridgehead atoms. The third kappa shape index (κ3) is 3.87. The van der Waals surface area contributed by atoms with Gasteiger partial charge in [0, 0.05) is 29.6 Å². The van der Waals surface area contributed by atoms with Crippen LogP contribution in [0.5, 0.6) is 11.6 Å². The van der Waals surface area contributed by atoms with Crippen LogP contribution in [0.3, 0.4) is 0 Å². The summed E-state index contributed by atoms with van der Waals surface area (Å²) in [6.07, 6.45) is 2.98. The molecule has 2 aliphatic heterocycles. The number of ether oxygens (including phenoxy) is 2. The number of pyridine rings is 1. The summed E-state index contributed by atoms with van der Waals surface area (Å²) in [5.74, 6) is -0.120. The number of hydrogen-bond acceptors (Lipinski definition) is 7. The van der Waals surface area contributed by atoms with Crippen molar-refractivity contribution in [1.29, 1.82) is 5.26 Å². The quantitative estimate of drug-likeness (QED) is 0.690. The second-order valence-electron chi connectivity index (χ2n) is 8.11. The van der Waals surface area contributed by atoms with Gasteiger partial charge in [-0.1, -0.05) is 6.07 Å². The molecule has 0 radical (unpaired) electrons. The van der Waals surface area contributed by atoms with Crippen LogP contribution < -0.4 is 20.5 Å². The SMILES string of the molecule is COc1cc(C#N)ccc1C1C(C(N)=O)=C(C)Nc2c(C)cnc(OCCN3CCC3)c21. The number of allylic oxidation sites excluding steroid dienone is 1. The molecule has 1 aromatic carbocycles. The first-order valence-corrected chi connectivity index (χ1v) is 10.6. The number of hydrogen-bond donors (Lipinski definition) is 2. The number of fused-ring (bicyclic) bond motifs is 1. The zero-order valence-electron chi connectivity index (χ0n) is 18.6. The minimum Gasteiger partial charge on any atom is -0.496 e. The Labute approximate surface area is 187 Å². The Hall–Kier alpha value is -3.57. The second kappa shape index (κ2) is 8.89. The number of likely N-dealkylation sites (tertiary alicyclic amines) is 1. The lowest BCUT2D eigenvalue weighted by Gasteiger charge is -2.33. The highest BCUT2D eigenvalue weighted by Gasteiger charge is 2.37. The normalized spacial score (nSPS) is 17.6. The molecule has 1 unspecified atom stereocenters. The van der Waals surface area contributed by atoms with E-state index in [4.69, 9.17) is 15.2 Å². The van der Waals surface area contributed by atoms with E-state index in [0.717, 1.165) is 42.0 Å². The number of anilines is 1. The highest BCUT2D eigenvalue weighted by molar-refractivity contribution is 5.98. The van der Waals surface area contributed by atoms with Gasteiger partial charge in [-0.05, 0) is 51.1 Å². The molecule has 166 valence electrons. The van der Waals surface area contributed by atoms with Crippen LogP contribution in [0.2, 0.25) is 0 Å². The highest BCUT2D eigenvalue weighted by Crippen LogP contribution is 2.48. The molecule has 1 aromatic heterocycles. The number of carbonyl (C=O) groups is 1. The monoisotopic (exact) mass is 433 g/mol. The van der Waals surface area contributed by atoms with Crippen molar-refractivity contribution in [3.8, 4) is 17.7 Å². The Morgan fingerprint density at radius 3 is 2.78 bits per heavy atom. The first-order valence-electron chi connectivity index (χ1n) is 10.6. The molecule has 3 heterocycles. The highest BCUT2D eigenvalue weighted by atomic mass is 16.5. The largest absolute Gasteiger partial charge is 0.496 e. The average molecular weight is 434 g/mol. The molecule has 0 spiro atoms. The first kappa shape index (κ1) is 21.7. The van der Waals surface area contributed by atoms with Crippen molar-refractivity contribution in [1.82, 2.24) is 9.88 Å². The van der Waals surface area contributed by atoms with Crippen molar-refractivity contribution < 1.29 is 14.3 Å². The number of nitrogens with one attached hydrogen (secondary N) is 1. The number of nitriles is 1. The summed E-state index contributed by atoms with van der Waals surface area (Å²) in [5.41, 5.74) is 10.6. The predicted octanol–water partition coefficient (Wildman–Crippen LogP) is 2.67. The molecule has 8 heteroatoms. The van der Waals surface area contributed by atoms with E-state index in [-0.39, 0.29) is 0 Å². The molecule has 0 aliphatic carbocycles. The predicted molar refractivity (Wildman–Crippen MR) is 121 cm³/mol. The number of methoxy groups -OCH3 is 1. The van der Waals surface area contributed by atoms with Crippen molar-refractivity contribution in [3.63, 3.8) is 0 Å². The standard InChI is InChI=1S/C24H27N5O3/c1-14-13-27-24(32-10-9-29-7-4-8-29)21-20(19(23(26)30)15(2)28-22(14)21)17-6-5-16(12-25)11-18(17)31-3/h5-6,11,13,20,28H,4,7-10H2,1-3H3,(H2,26,30). The number of nitrogens with zero attached hydrogens (tertiary/aromatic N) is 3. The lowest BCUT2D eigenvalue weighted by atomic mass is 9.79. The number of aromatic nitrogens is 1. The van der Waals surface area contributed by atoms with Gasteiger partial charge in [0.1, 0.15) is 12.4 Å². The van der Waals surface area contributed by atoms with Crippen molar-refractivity contribution in [3.05, 3.63) is 57.9 Å². The average Bonchev–Trinajstić information content (AvgIpc) is 2.75. The van der Waals surface area contributed by atoms with Gasteiger partial charge in [-0.15, -0.1) is 0 Å². The number of aryl methyl sites for hydroxylation is 1. The Morgan fingerprint density at radius 1 is 1.38 bits per heavy atom. The fraction of sp³-hybridized carbons (Fsp3) is 0.375. The zero-order valence-corrected chi connectivity index (χ0v) is 18.6. The third-order valence-corrected chi connectivity index (χ3v) is 6.10. The number of benzene rings is 1. The van der Waals surface area contributed by atoms with Gasteiger partial charge in [0.15, 0.2) is 0 Å². The van der Waals surface area contributed by atoms with Crippen LogP contribution in [-0.2, 0) is 4.79 Å². The molecule has 2 aromatic rings. The van der Waals surface area contributed by atoms with Crippen molar-refractivity contribution in [2.75, 3.05) is 38.7 Å². The molecule has 3 N–H and O–H groups in total. The fourth-order valence-corrected chi connectivity index (χ4v) is 4.31. The molecule has 0 saturated carbocycles. The molecule has 1 atom stereocenters. The minimum atomic E-state index is -0.544. The van der Waals surface area contributed by atoms with E-state index < -0.39 is 11.8 Å². The number of primary amides is 1. The van der Waals surface area contributed by atoms with E-state index in [1.807, 2.05) is 13.8 Å². The van der Waals surface area contributed by atoms with E-state index >= 15 is 0 Å². The van der Waals surface area contributed by atoms with Gasteiger partial charge < -0.3 is 20.5 Å². The molecule has 32 heavy (non-hydrogen) atoms. The molecule has 4 rings (SSSR count). The van der Waals surface area contributed by atoms with Crippen LogP contribution in [0.25, 0.3) is 0 Å². The Bertz CT molecular complexity index is 1130. The summed E-state index contributed by atoms with van der Waals surface area (Å²) in [4.78, 5) is 19.5. The van der Waals surface area contributed by atoms with Crippen molar-refractivity contribution in [2.45, 2.75) is 26.2 Å². The van der Waals surface area contributed by atoms with E-state index in [9.17, 15) is 10.1 Å². The van der Waals surface area contributed by atoms with Gasteiger partial charge in [-0.3, -0.25) is 9.69 Å². The van der Waals surface area contributed by atoms with Crippen LogP contribution in [0.15, 0.2) is 35.7 Å².